The highest BCUT2D eigenvalue weighted by atomic mass is 15.2. The lowest BCUT2D eigenvalue weighted by atomic mass is 9.33. The van der Waals surface area contributed by atoms with Gasteiger partial charge in [-0.3, -0.25) is 0 Å². The van der Waals surface area contributed by atoms with Gasteiger partial charge in [-0.15, -0.1) is 0 Å². The van der Waals surface area contributed by atoms with E-state index in [1.54, 1.807) is 0 Å². The third kappa shape index (κ3) is 15.2. The number of benzene rings is 16. The molecule has 130 heavy (non-hydrogen) atoms. The first-order valence-corrected chi connectivity index (χ1v) is 45.0. The van der Waals surface area contributed by atoms with Crippen LogP contribution in [-0.2, 0) is 21.7 Å². The average molecular weight is 1680 g/mol. The van der Waals surface area contributed by atoms with Crippen molar-refractivity contribution in [2.75, 3.05) is 9.80 Å². The van der Waals surface area contributed by atoms with Crippen LogP contribution in [0.3, 0.4) is 0 Å². The fourth-order valence-corrected chi connectivity index (χ4v) is 18.7. The quantitative estimate of drug-likeness (QED) is 0.0982. The van der Waals surface area contributed by atoms with Gasteiger partial charge in [0.25, 0.3) is 6.71 Å². The van der Waals surface area contributed by atoms with E-state index < -0.39 is 0 Å². The minimum Gasteiger partial charge on any atom is -0.311 e. The lowest BCUT2D eigenvalue weighted by Gasteiger charge is -2.45. The topological polar surface area (TPSA) is 113 Å². The Labute approximate surface area is 761 Å². The van der Waals surface area contributed by atoms with Crippen LogP contribution in [0, 0.1) is 11.3 Å². The molecular weight excluding hydrogens is 1580 g/mol. The van der Waals surface area contributed by atoms with Crippen LogP contribution in [0.2, 0.25) is 0 Å². The molecule has 0 amide bonds. The normalized spacial score (nSPS) is 12.6. The molecule has 11 heteroatoms. The van der Waals surface area contributed by atoms with Crippen LogP contribution in [0.25, 0.3) is 151 Å². The fourth-order valence-electron chi connectivity index (χ4n) is 18.7. The lowest BCUT2D eigenvalue weighted by molar-refractivity contribution is 0.568. The number of rotatable bonds is 14. The molecule has 21 rings (SSSR count). The van der Waals surface area contributed by atoms with E-state index in [-0.39, 0.29) is 28.4 Å². The standard InChI is InChI=1S/C119H97BN10/c1-116(2,3)91-62-88(63-92(72-91)117(4,5)6)85-49-57-100-105(67-85)128(95-52-44-78(45-53-95)76-31-19-13-20-32-76)107-70-90(71-108-109(107)120(100)101-58-50-86(89-64-93(118(7,8)9)73-94(65-89)119(10,11)12)68-106(101)129(108)96-54-46-79(47-55-96)77-33-21-14-22-34-77)84-51-60-102-98(66-84)97-56-48-87(114-124-110(80-35-23-15-24-36-80)122-111(125-114)81-37-25-16-26-38-81)69-104(97)130(102)103-59-43-75(74-121)61-99(103)115-126-112(82-39-27-17-28-40-82)123-113(127-115)83-41-29-18-30-42-83/h13-73H,1-12H3. The summed E-state index contributed by atoms with van der Waals surface area (Å²) in [5, 5.41) is 13.0. The van der Waals surface area contributed by atoms with Crippen LogP contribution < -0.4 is 26.2 Å². The number of anilines is 6. The molecule has 2 aliphatic heterocycles. The van der Waals surface area contributed by atoms with Crippen molar-refractivity contribution in [1.82, 2.24) is 34.5 Å². The Hall–Kier alpha value is -15.5. The highest BCUT2D eigenvalue weighted by Gasteiger charge is 2.45. The largest absolute Gasteiger partial charge is 0.311 e. The monoisotopic (exact) mass is 1680 g/mol. The zero-order valence-electron chi connectivity index (χ0n) is 75.3. The van der Waals surface area contributed by atoms with Crippen LogP contribution in [0.4, 0.5) is 34.1 Å². The maximum absolute atomic E-state index is 11.1. The Bertz CT molecular complexity index is 7250. The van der Waals surface area contributed by atoms with Gasteiger partial charge in [0.1, 0.15) is 0 Å². The zero-order valence-corrected chi connectivity index (χ0v) is 75.3. The number of nitrogens with zero attached hydrogens (tertiary/aromatic N) is 10. The van der Waals surface area contributed by atoms with Gasteiger partial charge in [-0.05, 0) is 201 Å². The molecule has 0 saturated carbocycles. The average Bonchev–Trinajstić information content (AvgIpc) is 0.740. The molecule has 0 bridgehead atoms. The second-order valence-corrected chi connectivity index (χ2v) is 38.7. The van der Waals surface area contributed by atoms with Crippen LogP contribution in [0.1, 0.15) is 111 Å². The first kappa shape index (κ1) is 81.5. The summed E-state index contributed by atoms with van der Waals surface area (Å²) in [6.07, 6.45) is 0. The molecule has 0 N–H and O–H groups in total. The summed E-state index contributed by atoms with van der Waals surface area (Å²) < 4.78 is 2.31. The summed E-state index contributed by atoms with van der Waals surface area (Å²) >= 11 is 0. The highest BCUT2D eigenvalue weighted by Crippen LogP contribution is 2.51. The highest BCUT2D eigenvalue weighted by molar-refractivity contribution is 7.00. The van der Waals surface area contributed by atoms with Crippen molar-refractivity contribution in [2.45, 2.75) is 105 Å². The van der Waals surface area contributed by atoms with Gasteiger partial charge in [0, 0.05) is 78.3 Å². The molecule has 0 fully saturated rings. The molecule has 2 aliphatic rings. The SMILES string of the molecule is CC(C)(C)c1cc(-c2ccc3c(c2)N(c2ccc(-c4ccccc4)cc2)c2cc(-c4ccc5c(c4)c4ccc(-c6nc(-c7ccccc7)nc(-c7ccccc7)n6)cc4n5-c4ccc(C#N)cc4-c4nc(-c5ccccc5)nc(-c5ccccc5)n4)cc4c2B3c2ccc(-c3cc(C(C)(C)C)cc(C(C)(C)C)c3)cc2N4c2ccc(-c3ccccc3)cc2)cc(C(C)(C)C)c1. The van der Waals surface area contributed by atoms with Crippen molar-refractivity contribution in [3.8, 4) is 136 Å². The van der Waals surface area contributed by atoms with Crippen LogP contribution >= 0.6 is 0 Å². The lowest BCUT2D eigenvalue weighted by Crippen LogP contribution is -2.61. The van der Waals surface area contributed by atoms with Crippen LogP contribution in [0.5, 0.6) is 0 Å². The Kier molecular flexibility index (Phi) is 20.1. The smallest absolute Gasteiger partial charge is 0.252 e. The van der Waals surface area contributed by atoms with Crippen molar-refractivity contribution in [3.63, 3.8) is 0 Å². The van der Waals surface area contributed by atoms with Gasteiger partial charge < -0.3 is 14.4 Å². The third-order valence-electron chi connectivity index (χ3n) is 25.9. The van der Waals surface area contributed by atoms with E-state index in [9.17, 15) is 5.26 Å². The van der Waals surface area contributed by atoms with E-state index >= 15 is 0 Å². The van der Waals surface area contributed by atoms with E-state index in [2.05, 4.69) is 334 Å². The Morgan fingerprint density at radius 2 is 0.562 bits per heavy atom. The molecule has 0 unspecified atom stereocenters. The molecule has 0 radical (unpaired) electrons. The zero-order chi connectivity index (χ0) is 89.1. The van der Waals surface area contributed by atoms with Crippen molar-refractivity contribution in [2.24, 2.45) is 0 Å². The van der Waals surface area contributed by atoms with E-state index in [4.69, 9.17) is 29.9 Å². The molecule has 0 saturated heterocycles. The van der Waals surface area contributed by atoms with Crippen molar-refractivity contribution in [1.29, 1.82) is 5.26 Å². The number of nitriles is 1. The predicted octanol–water partition coefficient (Wildman–Crippen LogP) is 28.6. The first-order chi connectivity index (χ1) is 62.9. The van der Waals surface area contributed by atoms with Crippen LogP contribution in [0.15, 0.2) is 370 Å². The molecule has 16 aromatic carbocycles. The van der Waals surface area contributed by atoms with Gasteiger partial charge in [-0.25, -0.2) is 29.9 Å². The minimum atomic E-state index is -0.242. The maximum Gasteiger partial charge on any atom is 0.252 e. The third-order valence-corrected chi connectivity index (χ3v) is 25.9. The molecule has 626 valence electrons. The molecule has 0 atom stereocenters. The maximum atomic E-state index is 11.1. The first-order valence-electron chi connectivity index (χ1n) is 45.0. The molecule has 19 aromatic rings. The van der Waals surface area contributed by atoms with E-state index in [0.29, 0.717) is 46.1 Å². The molecule has 5 heterocycles. The summed E-state index contributed by atoms with van der Waals surface area (Å²) in [6.45, 7) is 27.7. The molecule has 3 aromatic heterocycles. The molecule has 0 spiro atoms. The van der Waals surface area contributed by atoms with Crippen LogP contribution in [-0.4, -0.2) is 41.2 Å². The van der Waals surface area contributed by atoms with Crippen molar-refractivity contribution < 1.29 is 0 Å². The number of hydrogen-bond acceptors (Lipinski definition) is 9. The molecular formula is C119H97BN10. The van der Waals surface area contributed by atoms with E-state index in [0.717, 1.165) is 134 Å². The van der Waals surface area contributed by atoms with Gasteiger partial charge in [0.2, 0.25) is 0 Å². The predicted molar refractivity (Wildman–Crippen MR) is 541 cm³/mol. The Morgan fingerprint density at radius 3 is 0.946 bits per heavy atom. The summed E-state index contributed by atoms with van der Waals surface area (Å²) in [5.74, 6) is 3.02. The van der Waals surface area contributed by atoms with E-state index in [1.165, 1.54) is 49.8 Å². The molecule has 0 aliphatic carbocycles. The minimum absolute atomic E-state index is 0.123. The second-order valence-electron chi connectivity index (χ2n) is 38.7. The summed E-state index contributed by atoms with van der Waals surface area (Å²) in [6, 6.07) is 136. The van der Waals surface area contributed by atoms with Crippen molar-refractivity contribution in [3.05, 3.63) is 398 Å². The van der Waals surface area contributed by atoms with Gasteiger partial charge in [-0.2, -0.15) is 5.26 Å². The van der Waals surface area contributed by atoms with Gasteiger partial charge >= 0.3 is 0 Å². The number of aromatic nitrogens is 7. The second kappa shape index (κ2) is 32.1. The van der Waals surface area contributed by atoms with Gasteiger partial charge in [0.05, 0.1) is 28.4 Å². The fraction of sp³-hybridized carbons (Fsp3) is 0.134. The molecule has 10 nitrogen and oxygen atoms in total. The summed E-state index contributed by atoms with van der Waals surface area (Å²) in [5.41, 5.74) is 33.7. The number of fused-ring (bicyclic) bond motifs is 7. The Morgan fingerprint density at radius 1 is 0.238 bits per heavy atom. The Balaban J connectivity index is 0.854. The number of hydrogen-bond donors (Lipinski definition) is 0. The van der Waals surface area contributed by atoms with E-state index in [1.807, 2.05) is 140 Å². The summed E-state index contributed by atoms with van der Waals surface area (Å²) in [7, 11) is 0. The summed E-state index contributed by atoms with van der Waals surface area (Å²) in [4.78, 5) is 37.0. The van der Waals surface area contributed by atoms with Gasteiger partial charge in [-0.1, -0.05) is 368 Å². The van der Waals surface area contributed by atoms with Crippen molar-refractivity contribution >= 4 is 79.0 Å². The van der Waals surface area contributed by atoms with Gasteiger partial charge in [0.15, 0.2) is 34.9 Å².